The average Bonchev–Trinajstić information content (AvgIpc) is 3.13. The molecule has 2 aliphatic heterocycles. The Balaban J connectivity index is 1.05. The molecule has 0 saturated carbocycles. The molecule has 0 aromatic heterocycles. The molecule has 0 atom stereocenters. The van der Waals surface area contributed by atoms with Gasteiger partial charge in [0.15, 0.2) is 5.78 Å². The Morgan fingerprint density at radius 2 is 1.49 bits per heavy atom. The smallest absolute Gasteiger partial charge is 0.162 e. The van der Waals surface area contributed by atoms with Gasteiger partial charge in [-0.05, 0) is 98.3 Å². The Morgan fingerprint density at radius 3 is 2.27 bits per heavy atom. The lowest BCUT2D eigenvalue weighted by atomic mass is 9.90. The standard InChI is InChI=1S/C34H42N2O/c1-27-8-5-6-12-33(27)26-36-20-16-28(17-21-36)11-7-13-34(37)32-15-14-30-18-22-35(23-19-31(30)24-32)25-29-9-3-2-4-10-29/h2-6,8-10,12,14-15,24,28H,7,11,13,16-23,25-26H2,1H3. The minimum absolute atomic E-state index is 0.324. The number of carbonyl (C=O) groups is 1. The zero-order chi connectivity index (χ0) is 25.5. The van der Waals surface area contributed by atoms with Crippen molar-refractivity contribution in [2.24, 2.45) is 5.92 Å². The minimum Gasteiger partial charge on any atom is -0.299 e. The molecule has 1 saturated heterocycles. The maximum absolute atomic E-state index is 13.0. The Bertz CT molecular complexity index is 1160. The molecule has 0 N–H and O–H groups in total. The summed E-state index contributed by atoms with van der Waals surface area (Å²) in [4.78, 5) is 18.2. The Labute approximate surface area is 223 Å². The number of ketones is 1. The molecular formula is C34H42N2O. The maximum atomic E-state index is 13.0. The van der Waals surface area contributed by atoms with Crippen LogP contribution in [0.15, 0.2) is 72.8 Å². The van der Waals surface area contributed by atoms with Crippen molar-refractivity contribution in [3.05, 3.63) is 106 Å². The van der Waals surface area contributed by atoms with Crippen LogP contribution in [0.25, 0.3) is 0 Å². The van der Waals surface area contributed by atoms with Crippen molar-refractivity contribution >= 4 is 5.78 Å². The third-order valence-corrected chi connectivity index (χ3v) is 8.55. The highest BCUT2D eigenvalue weighted by atomic mass is 16.1. The summed E-state index contributed by atoms with van der Waals surface area (Å²) in [6.45, 7) is 8.79. The van der Waals surface area contributed by atoms with E-state index in [1.165, 1.54) is 60.2 Å². The van der Waals surface area contributed by atoms with Gasteiger partial charge in [0.1, 0.15) is 0 Å². The van der Waals surface area contributed by atoms with Crippen LogP contribution in [-0.2, 0) is 25.9 Å². The average molecular weight is 495 g/mol. The predicted molar refractivity (Wildman–Crippen MR) is 153 cm³/mol. The predicted octanol–water partition coefficient (Wildman–Crippen LogP) is 6.86. The van der Waals surface area contributed by atoms with Crippen LogP contribution >= 0.6 is 0 Å². The van der Waals surface area contributed by atoms with Crippen LogP contribution in [0, 0.1) is 12.8 Å². The summed E-state index contributed by atoms with van der Waals surface area (Å²) in [5.74, 6) is 1.09. The van der Waals surface area contributed by atoms with Crippen molar-refractivity contribution in [3.8, 4) is 0 Å². The molecule has 0 unspecified atom stereocenters. The molecule has 37 heavy (non-hydrogen) atoms. The molecule has 2 heterocycles. The van der Waals surface area contributed by atoms with E-state index >= 15 is 0 Å². The van der Waals surface area contributed by atoms with Gasteiger partial charge in [0.25, 0.3) is 0 Å². The summed E-state index contributed by atoms with van der Waals surface area (Å²) < 4.78 is 0. The molecule has 1 fully saturated rings. The number of carbonyl (C=O) groups excluding carboxylic acids is 1. The van der Waals surface area contributed by atoms with Crippen LogP contribution in [0.2, 0.25) is 0 Å². The fourth-order valence-electron chi connectivity index (χ4n) is 6.10. The Kier molecular flexibility index (Phi) is 8.86. The summed E-state index contributed by atoms with van der Waals surface area (Å²) in [5, 5.41) is 0. The van der Waals surface area contributed by atoms with Crippen molar-refractivity contribution in [1.82, 2.24) is 9.80 Å². The van der Waals surface area contributed by atoms with Crippen molar-refractivity contribution in [2.45, 2.75) is 65.0 Å². The van der Waals surface area contributed by atoms with Gasteiger partial charge in [0.2, 0.25) is 0 Å². The molecule has 2 aliphatic rings. The van der Waals surface area contributed by atoms with Crippen molar-refractivity contribution < 1.29 is 4.79 Å². The van der Waals surface area contributed by atoms with Crippen LogP contribution < -0.4 is 0 Å². The number of benzene rings is 3. The number of piperidine rings is 1. The molecule has 5 rings (SSSR count). The molecule has 0 aliphatic carbocycles. The second-order valence-corrected chi connectivity index (χ2v) is 11.2. The van der Waals surface area contributed by atoms with E-state index in [4.69, 9.17) is 0 Å². The van der Waals surface area contributed by atoms with Crippen LogP contribution in [0.4, 0.5) is 0 Å². The van der Waals surface area contributed by atoms with Gasteiger partial charge in [0, 0.05) is 38.2 Å². The van der Waals surface area contributed by atoms with E-state index < -0.39 is 0 Å². The summed E-state index contributed by atoms with van der Waals surface area (Å²) in [5.41, 5.74) is 7.94. The number of hydrogen-bond donors (Lipinski definition) is 0. The fraction of sp³-hybridized carbons (Fsp3) is 0.441. The van der Waals surface area contributed by atoms with Crippen LogP contribution in [0.3, 0.4) is 0 Å². The number of aryl methyl sites for hydroxylation is 1. The molecule has 3 heteroatoms. The highest BCUT2D eigenvalue weighted by molar-refractivity contribution is 5.96. The molecule has 0 radical (unpaired) electrons. The second-order valence-electron chi connectivity index (χ2n) is 11.2. The number of fused-ring (bicyclic) bond motifs is 1. The first-order chi connectivity index (χ1) is 18.1. The first kappa shape index (κ1) is 25.9. The number of Topliss-reactive ketones (excluding diaryl/α,β-unsaturated/α-hetero) is 1. The van der Waals surface area contributed by atoms with E-state index in [1.807, 2.05) is 0 Å². The number of likely N-dealkylation sites (tertiary alicyclic amines) is 1. The minimum atomic E-state index is 0.324. The van der Waals surface area contributed by atoms with E-state index in [1.54, 1.807) is 0 Å². The van der Waals surface area contributed by atoms with Gasteiger partial charge in [-0.1, -0.05) is 66.7 Å². The Morgan fingerprint density at radius 1 is 0.784 bits per heavy atom. The molecule has 3 aromatic carbocycles. The lowest BCUT2D eigenvalue weighted by Gasteiger charge is -2.32. The van der Waals surface area contributed by atoms with Crippen molar-refractivity contribution in [2.75, 3.05) is 26.2 Å². The zero-order valence-corrected chi connectivity index (χ0v) is 22.5. The highest BCUT2D eigenvalue weighted by Gasteiger charge is 2.20. The second kappa shape index (κ2) is 12.7. The van der Waals surface area contributed by atoms with Crippen LogP contribution in [0.5, 0.6) is 0 Å². The number of hydrogen-bond acceptors (Lipinski definition) is 3. The molecular weight excluding hydrogens is 452 g/mol. The third-order valence-electron chi connectivity index (χ3n) is 8.55. The number of nitrogens with zero attached hydrogens (tertiary/aromatic N) is 2. The quantitative estimate of drug-likeness (QED) is 0.304. The van der Waals surface area contributed by atoms with Gasteiger partial charge in [0.05, 0.1) is 0 Å². The largest absolute Gasteiger partial charge is 0.299 e. The van der Waals surface area contributed by atoms with E-state index in [0.29, 0.717) is 12.2 Å². The molecule has 3 aromatic rings. The third kappa shape index (κ3) is 7.18. The summed E-state index contributed by atoms with van der Waals surface area (Å²) in [7, 11) is 0. The van der Waals surface area contributed by atoms with Gasteiger partial charge in [-0.2, -0.15) is 0 Å². The molecule has 0 spiro atoms. The summed E-state index contributed by atoms with van der Waals surface area (Å²) >= 11 is 0. The van der Waals surface area contributed by atoms with E-state index in [9.17, 15) is 4.79 Å². The highest BCUT2D eigenvalue weighted by Crippen LogP contribution is 2.25. The number of rotatable bonds is 9. The fourth-order valence-corrected chi connectivity index (χ4v) is 6.10. The van der Waals surface area contributed by atoms with Crippen molar-refractivity contribution in [1.29, 1.82) is 0 Å². The zero-order valence-electron chi connectivity index (χ0n) is 22.5. The van der Waals surface area contributed by atoms with E-state index in [2.05, 4.69) is 89.5 Å². The summed E-state index contributed by atoms with van der Waals surface area (Å²) in [6.07, 6.45) is 7.51. The lowest BCUT2D eigenvalue weighted by Crippen LogP contribution is -2.33. The molecule has 0 bridgehead atoms. The van der Waals surface area contributed by atoms with Crippen molar-refractivity contribution in [3.63, 3.8) is 0 Å². The maximum Gasteiger partial charge on any atom is 0.162 e. The monoisotopic (exact) mass is 494 g/mol. The Hall–Kier alpha value is -2.75. The van der Waals surface area contributed by atoms with E-state index in [0.717, 1.165) is 56.9 Å². The van der Waals surface area contributed by atoms with Gasteiger partial charge < -0.3 is 0 Å². The lowest BCUT2D eigenvalue weighted by molar-refractivity contribution is 0.0974. The van der Waals surface area contributed by atoms with E-state index in [-0.39, 0.29) is 0 Å². The molecule has 0 amide bonds. The van der Waals surface area contributed by atoms with Gasteiger partial charge >= 0.3 is 0 Å². The summed E-state index contributed by atoms with van der Waals surface area (Å²) in [6, 6.07) is 26.0. The SMILES string of the molecule is Cc1ccccc1CN1CCC(CCCC(=O)c2ccc3c(c2)CCN(Cc2ccccc2)CC3)CC1. The van der Waals surface area contributed by atoms with Crippen LogP contribution in [0.1, 0.15) is 70.3 Å². The molecule has 3 nitrogen and oxygen atoms in total. The van der Waals surface area contributed by atoms with Gasteiger partial charge in [-0.3, -0.25) is 14.6 Å². The van der Waals surface area contributed by atoms with Crippen LogP contribution in [-0.4, -0.2) is 41.8 Å². The first-order valence-corrected chi connectivity index (χ1v) is 14.3. The topological polar surface area (TPSA) is 23.6 Å². The van der Waals surface area contributed by atoms with Gasteiger partial charge in [-0.15, -0.1) is 0 Å². The first-order valence-electron chi connectivity index (χ1n) is 14.3. The van der Waals surface area contributed by atoms with Gasteiger partial charge in [-0.25, -0.2) is 0 Å². The molecule has 194 valence electrons. The normalized spacial score (nSPS) is 17.3.